The molecule has 1 aromatic carbocycles. The van der Waals surface area contributed by atoms with Crippen LogP contribution in [0.5, 0.6) is 5.75 Å². The summed E-state index contributed by atoms with van der Waals surface area (Å²) in [6.45, 7) is 2.10. The van der Waals surface area contributed by atoms with Gasteiger partial charge in [0.2, 0.25) is 11.8 Å². The smallest absolute Gasteiger partial charge is 0.220 e. The molecule has 0 aromatic heterocycles. The fourth-order valence-electron chi connectivity index (χ4n) is 8.00. The third-order valence-electron chi connectivity index (χ3n) is 9.20. The second kappa shape index (κ2) is 8.51. The lowest BCUT2D eigenvalue weighted by Gasteiger charge is -2.62. The van der Waals surface area contributed by atoms with Crippen LogP contribution in [-0.2, 0) is 16.0 Å². The number of carbonyl (C=O) groups is 2. The topological polar surface area (TPSA) is 87.7 Å². The molecule has 186 valence electrons. The Hall–Kier alpha value is -2.15. The van der Waals surface area contributed by atoms with Crippen molar-refractivity contribution in [3.8, 4) is 5.75 Å². The molecule has 6 nitrogen and oxygen atoms in total. The van der Waals surface area contributed by atoms with Crippen molar-refractivity contribution in [1.29, 1.82) is 0 Å². The highest BCUT2D eigenvalue weighted by Gasteiger charge is 2.59. The van der Waals surface area contributed by atoms with Crippen LogP contribution in [0.3, 0.4) is 0 Å². The molecule has 0 spiro atoms. The van der Waals surface area contributed by atoms with Gasteiger partial charge in [-0.05, 0) is 99.7 Å². The Morgan fingerprint density at radius 3 is 2.65 bits per heavy atom. The molecule has 5 aliphatic rings. The molecule has 1 aliphatic heterocycles. The first kappa shape index (κ1) is 23.6. The molecule has 0 radical (unpaired) electrons. The molecule has 1 heterocycles. The van der Waals surface area contributed by atoms with Crippen molar-refractivity contribution in [3.63, 3.8) is 0 Å². The number of halogens is 1. The van der Waals surface area contributed by atoms with Crippen LogP contribution in [0.4, 0.5) is 4.39 Å². The third kappa shape index (κ3) is 4.43. The number of hydrogen-bond donors (Lipinski definition) is 3. The molecule has 4 bridgehead atoms. The number of ether oxygens (including phenoxy) is 1. The highest BCUT2D eigenvalue weighted by molar-refractivity contribution is 5.80. The van der Waals surface area contributed by atoms with Crippen LogP contribution >= 0.6 is 0 Å². The number of carbonyl (C=O) groups excluding carboxylic acids is 2. The Morgan fingerprint density at radius 2 is 2.03 bits per heavy atom. The Bertz CT molecular complexity index is 967. The number of nitrogens with one attached hydrogen (secondary N) is 2. The number of methoxy groups -OCH3 is 1. The Labute approximate surface area is 201 Å². The minimum Gasteiger partial charge on any atom is -0.494 e. The van der Waals surface area contributed by atoms with E-state index in [1.807, 2.05) is 0 Å². The van der Waals surface area contributed by atoms with E-state index >= 15 is 0 Å². The molecule has 5 fully saturated rings. The quantitative estimate of drug-likeness (QED) is 0.539. The molecular formula is C27H37FN2O4. The van der Waals surface area contributed by atoms with E-state index < -0.39 is 17.0 Å². The largest absolute Gasteiger partial charge is 0.494 e. The summed E-state index contributed by atoms with van der Waals surface area (Å²) < 4.78 is 19.0. The van der Waals surface area contributed by atoms with Crippen LogP contribution in [0, 0.1) is 23.1 Å². The van der Waals surface area contributed by atoms with E-state index in [0.29, 0.717) is 43.9 Å². The van der Waals surface area contributed by atoms with Gasteiger partial charge in [-0.15, -0.1) is 0 Å². The highest BCUT2D eigenvalue weighted by Crippen LogP contribution is 2.62. The van der Waals surface area contributed by atoms with Crippen molar-refractivity contribution in [1.82, 2.24) is 10.6 Å². The lowest BCUT2D eigenvalue weighted by Crippen LogP contribution is -2.61. The maximum atomic E-state index is 13.8. The maximum Gasteiger partial charge on any atom is 0.220 e. The molecule has 4 atom stereocenters. The molecule has 0 unspecified atom stereocenters. The summed E-state index contributed by atoms with van der Waals surface area (Å²) in [5.41, 5.74) is -0.192. The van der Waals surface area contributed by atoms with Crippen molar-refractivity contribution in [2.45, 2.75) is 94.7 Å². The van der Waals surface area contributed by atoms with Gasteiger partial charge in [-0.25, -0.2) is 4.39 Å². The van der Waals surface area contributed by atoms with Crippen molar-refractivity contribution in [2.24, 2.45) is 17.3 Å². The van der Waals surface area contributed by atoms with Crippen molar-refractivity contribution >= 4 is 11.8 Å². The molecule has 4 aliphatic carbocycles. The van der Waals surface area contributed by atoms with Crippen molar-refractivity contribution in [3.05, 3.63) is 29.6 Å². The zero-order valence-corrected chi connectivity index (χ0v) is 20.3. The van der Waals surface area contributed by atoms with Gasteiger partial charge in [0.15, 0.2) is 11.6 Å². The van der Waals surface area contributed by atoms with Crippen LogP contribution < -0.4 is 15.4 Å². The second-order valence-corrected chi connectivity index (χ2v) is 11.8. The molecule has 34 heavy (non-hydrogen) atoms. The molecule has 4 saturated carbocycles. The summed E-state index contributed by atoms with van der Waals surface area (Å²) in [6, 6.07) is 4.78. The number of rotatable bonds is 8. The molecule has 2 amide bonds. The maximum absolute atomic E-state index is 13.8. The van der Waals surface area contributed by atoms with Gasteiger partial charge in [0.05, 0.1) is 12.7 Å². The lowest BCUT2D eigenvalue weighted by molar-refractivity contribution is -0.173. The van der Waals surface area contributed by atoms with Gasteiger partial charge in [0.1, 0.15) is 0 Å². The summed E-state index contributed by atoms with van der Waals surface area (Å²) >= 11 is 0. The number of amides is 2. The Balaban J connectivity index is 1.23. The van der Waals surface area contributed by atoms with Crippen LogP contribution in [-0.4, -0.2) is 41.2 Å². The monoisotopic (exact) mass is 472 g/mol. The van der Waals surface area contributed by atoms with E-state index in [2.05, 4.69) is 17.6 Å². The molecule has 3 N–H and O–H groups in total. The van der Waals surface area contributed by atoms with Gasteiger partial charge in [-0.2, -0.15) is 0 Å². The summed E-state index contributed by atoms with van der Waals surface area (Å²) in [4.78, 5) is 25.2. The van der Waals surface area contributed by atoms with Gasteiger partial charge in [-0.3, -0.25) is 9.59 Å². The molecule has 6 rings (SSSR count). The van der Waals surface area contributed by atoms with E-state index in [1.165, 1.54) is 19.6 Å². The summed E-state index contributed by atoms with van der Waals surface area (Å²) in [5, 5.41) is 17.4. The first-order chi connectivity index (χ1) is 16.1. The average molecular weight is 473 g/mol. The number of benzene rings is 1. The second-order valence-electron chi connectivity index (χ2n) is 11.8. The lowest BCUT2D eigenvalue weighted by atomic mass is 9.46. The molecular weight excluding hydrogens is 435 g/mol. The SMILES string of the molecule is COc1cc(C[C@@]2(CCC(=O)N[C@@H](C)C34C[C@H]5C[C@@H](CC(O)(C5)C3)C4)CCC(=O)N2)ccc1F. The fourth-order valence-corrected chi connectivity index (χ4v) is 8.00. The minimum absolute atomic E-state index is 0.00157. The van der Waals surface area contributed by atoms with E-state index in [9.17, 15) is 19.1 Å². The first-order valence-corrected chi connectivity index (χ1v) is 12.8. The fraction of sp³-hybridized carbons (Fsp3) is 0.704. The van der Waals surface area contributed by atoms with E-state index in [1.54, 1.807) is 12.1 Å². The average Bonchev–Trinajstić information content (AvgIpc) is 3.12. The van der Waals surface area contributed by atoms with Crippen LogP contribution in [0.15, 0.2) is 18.2 Å². The summed E-state index contributed by atoms with van der Waals surface area (Å²) in [6.07, 6.45) is 8.50. The van der Waals surface area contributed by atoms with Crippen LogP contribution in [0.2, 0.25) is 0 Å². The van der Waals surface area contributed by atoms with E-state index in [4.69, 9.17) is 4.74 Å². The third-order valence-corrected chi connectivity index (χ3v) is 9.20. The van der Waals surface area contributed by atoms with Gasteiger partial charge in [0, 0.05) is 24.4 Å². The van der Waals surface area contributed by atoms with Gasteiger partial charge < -0.3 is 20.5 Å². The van der Waals surface area contributed by atoms with Gasteiger partial charge >= 0.3 is 0 Å². The number of aliphatic hydroxyl groups is 1. The number of hydrogen-bond acceptors (Lipinski definition) is 4. The van der Waals surface area contributed by atoms with Crippen LogP contribution in [0.25, 0.3) is 0 Å². The Morgan fingerprint density at radius 1 is 1.29 bits per heavy atom. The van der Waals surface area contributed by atoms with E-state index in [0.717, 1.165) is 37.7 Å². The van der Waals surface area contributed by atoms with Crippen molar-refractivity contribution in [2.75, 3.05) is 7.11 Å². The standard InChI is InChI=1S/C27H37FN2O4/c1-17(25-11-19-9-20(12-25)15-27(33,14-19)16-25)29-23(31)5-7-26(8-6-24(32)30-26)13-18-3-4-21(28)22(10-18)34-2/h3-4,10,17,19-20,33H,5-9,11-16H2,1-2H3,(H,29,31)(H,30,32)/t17-,19+,20+,25?,26+,27?/m0/s1. The summed E-state index contributed by atoms with van der Waals surface area (Å²) in [7, 11) is 1.43. The molecule has 7 heteroatoms. The van der Waals surface area contributed by atoms with Gasteiger partial charge in [0.25, 0.3) is 0 Å². The predicted octanol–water partition coefficient (Wildman–Crippen LogP) is 3.64. The van der Waals surface area contributed by atoms with E-state index in [-0.39, 0.29) is 29.0 Å². The van der Waals surface area contributed by atoms with Crippen LogP contribution in [0.1, 0.15) is 76.7 Å². The summed E-state index contributed by atoms with van der Waals surface area (Å²) in [5.74, 6) is 0.905. The predicted molar refractivity (Wildman–Crippen MR) is 126 cm³/mol. The Kier molecular flexibility index (Phi) is 5.90. The first-order valence-electron chi connectivity index (χ1n) is 12.8. The van der Waals surface area contributed by atoms with Crippen molar-refractivity contribution < 1.29 is 23.8 Å². The molecule has 1 aromatic rings. The normalized spacial score (nSPS) is 36.9. The van der Waals surface area contributed by atoms with Gasteiger partial charge in [-0.1, -0.05) is 6.07 Å². The minimum atomic E-state index is -0.544. The highest BCUT2D eigenvalue weighted by atomic mass is 19.1. The molecule has 1 saturated heterocycles. The zero-order valence-electron chi connectivity index (χ0n) is 20.3. The zero-order chi connectivity index (χ0) is 24.1.